The molecule has 1 atom stereocenters. The number of urea groups is 1. The SMILES string of the molecule is CN(C(N)=O)C1NCCc2ccccc21. The van der Waals surface area contributed by atoms with Crippen LogP contribution in [-0.2, 0) is 6.42 Å². The third-order valence-corrected chi connectivity index (χ3v) is 2.82. The zero-order valence-electron chi connectivity index (χ0n) is 8.73. The van der Waals surface area contributed by atoms with Crippen molar-refractivity contribution in [1.82, 2.24) is 10.2 Å². The molecule has 1 aliphatic heterocycles. The standard InChI is InChI=1S/C11H15N3O/c1-14(11(12)15)10-9-5-3-2-4-8(9)6-7-13-10/h2-5,10,13H,6-7H2,1H3,(H2,12,15). The van der Waals surface area contributed by atoms with E-state index in [0.717, 1.165) is 18.5 Å². The normalized spacial score (nSPS) is 19.4. The average Bonchev–Trinajstić information content (AvgIpc) is 2.27. The first-order valence-electron chi connectivity index (χ1n) is 5.03. The summed E-state index contributed by atoms with van der Waals surface area (Å²) in [5.74, 6) is 0. The molecule has 0 saturated heterocycles. The van der Waals surface area contributed by atoms with Gasteiger partial charge in [0.15, 0.2) is 0 Å². The summed E-state index contributed by atoms with van der Waals surface area (Å²) in [5.41, 5.74) is 7.70. The van der Waals surface area contributed by atoms with Crippen LogP contribution in [0.15, 0.2) is 24.3 Å². The number of amides is 2. The molecule has 15 heavy (non-hydrogen) atoms. The Balaban J connectivity index is 2.33. The van der Waals surface area contributed by atoms with Gasteiger partial charge in [-0.05, 0) is 17.5 Å². The Labute approximate surface area is 89.1 Å². The molecular weight excluding hydrogens is 190 g/mol. The van der Waals surface area contributed by atoms with Crippen molar-refractivity contribution in [2.75, 3.05) is 13.6 Å². The van der Waals surface area contributed by atoms with Crippen molar-refractivity contribution in [2.45, 2.75) is 12.6 Å². The molecule has 4 nitrogen and oxygen atoms in total. The van der Waals surface area contributed by atoms with E-state index < -0.39 is 6.03 Å². The highest BCUT2D eigenvalue weighted by Gasteiger charge is 2.24. The monoisotopic (exact) mass is 205 g/mol. The summed E-state index contributed by atoms with van der Waals surface area (Å²) < 4.78 is 0. The maximum absolute atomic E-state index is 11.1. The number of nitrogens with one attached hydrogen (secondary N) is 1. The van der Waals surface area contributed by atoms with E-state index in [-0.39, 0.29) is 6.17 Å². The highest BCUT2D eigenvalue weighted by molar-refractivity contribution is 5.72. The first-order chi connectivity index (χ1) is 7.20. The Hall–Kier alpha value is -1.55. The molecule has 0 fully saturated rings. The Morgan fingerprint density at radius 2 is 2.27 bits per heavy atom. The fourth-order valence-electron chi connectivity index (χ4n) is 1.95. The number of rotatable bonds is 1. The molecule has 1 aromatic carbocycles. The lowest BCUT2D eigenvalue weighted by Gasteiger charge is -2.33. The van der Waals surface area contributed by atoms with Crippen LogP contribution < -0.4 is 11.1 Å². The van der Waals surface area contributed by atoms with E-state index in [2.05, 4.69) is 11.4 Å². The lowest BCUT2D eigenvalue weighted by Crippen LogP contribution is -2.45. The second-order valence-electron chi connectivity index (χ2n) is 3.75. The molecule has 1 aliphatic rings. The van der Waals surface area contributed by atoms with E-state index >= 15 is 0 Å². The Morgan fingerprint density at radius 1 is 1.53 bits per heavy atom. The molecule has 0 radical (unpaired) electrons. The maximum atomic E-state index is 11.1. The van der Waals surface area contributed by atoms with Crippen LogP contribution in [0.25, 0.3) is 0 Å². The van der Waals surface area contributed by atoms with Crippen LogP contribution in [0.5, 0.6) is 0 Å². The molecule has 0 saturated carbocycles. The van der Waals surface area contributed by atoms with Crippen LogP contribution in [0.3, 0.4) is 0 Å². The molecule has 4 heteroatoms. The summed E-state index contributed by atoms with van der Waals surface area (Å²) in [6.07, 6.45) is 0.909. The fraction of sp³-hybridized carbons (Fsp3) is 0.364. The van der Waals surface area contributed by atoms with Crippen molar-refractivity contribution >= 4 is 6.03 Å². The van der Waals surface area contributed by atoms with Gasteiger partial charge in [-0.2, -0.15) is 0 Å². The van der Waals surface area contributed by atoms with Crippen molar-refractivity contribution < 1.29 is 4.79 Å². The number of fused-ring (bicyclic) bond motifs is 1. The molecule has 0 bridgehead atoms. The van der Waals surface area contributed by atoms with E-state index in [4.69, 9.17) is 5.73 Å². The van der Waals surface area contributed by atoms with Gasteiger partial charge in [-0.25, -0.2) is 4.79 Å². The minimum atomic E-state index is -0.413. The van der Waals surface area contributed by atoms with Gasteiger partial charge in [0.2, 0.25) is 0 Å². The lowest BCUT2D eigenvalue weighted by atomic mass is 9.98. The third-order valence-electron chi connectivity index (χ3n) is 2.82. The summed E-state index contributed by atoms with van der Waals surface area (Å²) in [6.45, 7) is 0.874. The van der Waals surface area contributed by atoms with E-state index in [1.165, 1.54) is 10.5 Å². The van der Waals surface area contributed by atoms with Gasteiger partial charge in [0, 0.05) is 13.6 Å². The molecule has 1 heterocycles. The van der Waals surface area contributed by atoms with Gasteiger partial charge < -0.3 is 10.6 Å². The van der Waals surface area contributed by atoms with Gasteiger partial charge in [-0.1, -0.05) is 24.3 Å². The van der Waals surface area contributed by atoms with E-state index in [9.17, 15) is 4.79 Å². The number of carbonyl (C=O) groups is 1. The number of hydrogen-bond acceptors (Lipinski definition) is 2. The molecule has 0 aromatic heterocycles. The van der Waals surface area contributed by atoms with Crippen molar-refractivity contribution in [2.24, 2.45) is 5.73 Å². The molecule has 1 unspecified atom stereocenters. The van der Waals surface area contributed by atoms with Gasteiger partial charge in [-0.15, -0.1) is 0 Å². The second-order valence-corrected chi connectivity index (χ2v) is 3.75. The van der Waals surface area contributed by atoms with Gasteiger partial charge in [0.25, 0.3) is 0 Å². The van der Waals surface area contributed by atoms with Crippen LogP contribution >= 0.6 is 0 Å². The number of carbonyl (C=O) groups excluding carboxylic acids is 1. The lowest BCUT2D eigenvalue weighted by molar-refractivity contribution is 0.185. The summed E-state index contributed by atoms with van der Waals surface area (Å²) in [5, 5.41) is 3.28. The van der Waals surface area contributed by atoms with Crippen molar-refractivity contribution in [3.8, 4) is 0 Å². The first-order valence-corrected chi connectivity index (χ1v) is 5.03. The minimum Gasteiger partial charge on any atom is -0.351 e. The zero-order chi connectivity index (χ0) is 10.8. The van der Waals surface area contributed by atoms with Crippen LogP contribution in [-0.4, -0.2) is 24.5 Å². The van der Waals surface area contributed by atoms with Gasteiger partial charge >= 0.3 is 6.03 Å². The number of nitrogens with two attached hydrogens (primary N) is 1. The van der Waals surface area contributed by atoms with E-state index in [1.54, 1.807) is 7.05 Å². The topological polar surface area (TPSA) is 58.4 Å². The predicted molar refractivity (Wildman–Crippen MR) is 58.2 cm³/mol. The van der Waals surface area contributed by atoms with Crippen LogP contribution in [0.1, 0.15) is 17.3 Å². The van der Waals surface area contributed by atoms with Crippen LogP contribution in [0, 0.1) is 0 Å². The van der Waals surface area contributed by atoms with Crippen LogP contribution in [0.2, 0.25) is 0 Å². The maximum Gasteiger partial charge on any atom is 0.316 e. The predicted octanol–water partition coefficient (Wildman–Crippen LogP) is 0.841. The van der Waals surface area contributed by atoms with Gasteiger partial charge in [-0.3, -0.25) is 5.32 Å². The summed E-state index contributed by atoms with van der Waals surface area (Å²) in [6, 6.07) is 7.71. The molecule has 3 N–H and O–H groups in total. The number of benzene rings is 1. The smallest absolute Gasteiger partial charge is 0.316 e. The Bertz CT molecular complexity index is 378. The molecule has 0 aliphatic carbocycles. The quantitative estimate of drug-likeness (QED) is 0.713. The first kappa shape index (κ1) is 9.98. The van der Waals surface area contributed by atoms with E-state index in [1.807, 2.05) is 18.2 Å². The van der Waals surface area contributed by atoms with Crippen molar-refractivity contribution in [1.29, 1.82) is 0 Å². The number of primary amides is 1. The minimum absolute atomic E-state index is 0.0903. The largest absolute Gasteiger partial charge is 0.351 e. The summed E-state index contributed by atoms with van der Waals surface area (Å²) in [4.78, 5) is 12.6. The Morgan fingerprint density at radius 3 is 3.00 bits per heavy atom. The molecule has 80 valence electrons. The summed E-state index contributed by atoms with van der Waals surface area (Å²) >= 11 is 0. The molecule has 1 aromatic rings. The third kappa shape index (κ3) is 1.80. The molecular formula is C11H15N3O. The highest BCUT2D eigenvalue weighted by Crippen LogP contribution is 2.24. The van der Waals surface area contributed by atoms with Gasteiger partial charge in [0.1, 0.15) is 6.17 Å². The van der Waals surface area contributed by atoms with E-state index in [0.29, 0.717) is 0 Å². The number of hydrogen-bond donors (Lipinski definition) is 2. The molecule has 2 amide bonds. The van der Waals surface area contributed by atoms with Crippen LogP contribution in [0.4, 0.5) is 4.79 Å². The van der Waals surface area contributed by atoms with Crippen molar-refractivity contribution in [3.05, 3.63) is 35.4 Å². The number of nitrogens with zero attached hydrogens (tertiary/aromatic N) is 1. The highest BCUT2D eigenvalue weighted by atomic mass is 16.2. The van der Waals surface area contributed by atoms with Gasteiger partial charge in [0.05, 0.1) is 0 Å². The fourth-order valence-corrected chi connectivity index (χ4v) is 1.95. The molecule has 2 rings (SSSR count). The Kier molecular flexibility index (Phi) is 2.60. The average molecular weight is 205 g/mol. The van der Waals surface area contributed by atoms with Crippen molar-refractivity contribution in [3.63, 3.8) is 0 Å². The molecule has 0 spiro atoms. The zero-order valence-corrected chi connectivity index (χ0v) is 8.73. The second kappa shape index (κ2) is 3.90. The summed E-state index contributed by atoms with van der Waals surface area (Å²) in [7, 11) is 1.71.